The molecular formula is C33H63IO6Si2. The number of rotatable bonds is 12. The minimum Gasteiger partial charge on any atom is -0.413 e. The molecule has 0 aromatic heterocycles. The van der Waals surface area contributed by atoms with Crippen LogP contribution in [0.1, 0.15) is 82.6 Å². The van der Waals surface area contributed by atoms with Crippen molar-refractivity contribution in [2.45, 2.75) is 150 Å². The first-order chi connectivity index (χ1) is 18.9. The van der Waals surface area contributed by atoms with E-state index >= 15 is 0 Å². The van der Waals surface area contributed by atoms with E-state index in [-0.39, 0.29) is 58.9 Å². The number of hydrogen-bond acceptors (Lipinski definition) is 6. The van der Waals surface area contributed by atoms with Crippen LogP contribution in [0.4, 0.5) is 0 Å². The maximum absolute atomic E-state index is 11.2. The Hall–Kier alpha value is 0.224. The van der Waals surface area contributed by atoms with Crippen LogP contribution in [0.5, 0.6) is 0 Å². The summed E-state index contributed by atoms with van der Waals surface area (Å²) in [5.74, 6) is 6.61. The van der Waals surface area contributed by atoms with Crippen molar-refractivity contribution in [1.82, 2.24) is 0 Å². The van der Waals surface area contributed by atoms with Crippen LogP contribution in [0, 0.1) is 35.5 Å². The molecule has 42 heavy (non-hydrogen) atoms. The van der Waals surface area contributed by atoms with E-state index in [0.29, 0.717) is 6.42 Å². The van der Waals surface area contributed by atoms with Crippen LogP contribution < -0.4 is 0 Å². The fourth-order valence-corrected chi connectivity index (χ4v) is 8.05. The molecule has 1 heterocycles. The lowest BCUT2D eigenvalue weighted by Gasteiger charge is -2.51. The van der Waals surface area contributed by atoms with Crippen LogP contribution in [0.3, 0.4) is 0 Å². The van der Waals surface area contributed by atoms with Crippen LogP contribution >= 0.6 is 22.6 Å². The van der Waals surface area contributed by atoms with Crippen LogP contribution in [0.25, 0.3) is 0 Å². The van der Waals surface area contributed by atoms with Crippen LogP contribution in [-0.4, -0.2) is 66.3 Å². The predicted molar refractivity (Wildman–Crippen MR) is 189 cm³/mol. The first kappa shape index (κ1) is 40.2. The monoisotopic (exact) mass is 738 g/mol. The molecule has 0 bridgehead atoms. The van der Waals surface area contributed by atoms with Crippen molar-refractivity contribution in [3.63, 3.8) is 0 Å². The summed E-state index contributed by atoms with van der Waals surface area (Å²) in [5.41, 5.74) is 0. The molecule has 1 N–H and O–H groups in total. The second kappa shape index (κ2) is 16.2. The lowest BCUT2D eigenvalue weighted by atomic mass is 9.84. The summed E-state index contributed by atoms with van der Waals surface area (Å²) in [5, 5.41) is 11.3. The van der Waals surface area contributed by atoms with E-state index in [4.69, 9.17) is 23.1 Å². The van der Waals surface area contributed by atoms with Crippen molar-refractivity contribution in [3.05, 3.63) is 9.66 Å². The molecule has 0 aromatic rings. The van der Waals surface area contributed by atoms with Gasteiger partial charge in [-0.2, -0.15) is 0 Å². The number of aliphatic hydroxyl groups is 1. The second-order valence-electron chi connectivity index (χ2n) is 15.5. The highest BCUT2D eigenvalue weighted by molar-refractivity contribution is 14.1. The van der Waals surface area contributed by atoms with Gasteiger partial charge in [-0.05, 0) is 76.3 Å². The maximum Gasteiger partial charge on any atom is 0.195 e. The highest BCUT2D eigenvalue weighted by Crippen LogP contribution is 2.45. The van der Waals surface area contributed by atoms with Gasteiger partial charge in [-0.3, -0.25) is 0 Å². The Kier molecular flexibility index (Phi) is 15.5. The molecule has 1 saturated heterocycles. The van der Waals surface area contributed by atoms with E-state index in [1.54, 1.807) is 7.11 Å². The summed E-state index contributed by atoms with van der Waals surface area (Å²) in [6, 6.07) is 0. The van der Waals surface area contributed by atoms with Gasteiger partial charge in [0.2, 0.25) is 0 Å². The van der Waals surface area contributed by atoms with Gasteiger partial charge in [0.15, 0.2) is 22.9 Å². The molecule has 246 valence electrons. The van der Waals surface area contributed by atoms with Gasteiger partial charge in [0.1, 0.15) is 12.9 Å². The molecule has 0 aliphatic carbocycles. The third-order valence-corrected chi connectivity index (χ3v) is 18.9. The largest absolute Gasteiger partial charge is 0.413 e. The molecule has 0 unspecified atom stereocenters. The van der Waals surface area contributed by atoms with E-state index < -0.39 is 29.0 Å². The van der Waals surface area contributed by atoms with Crippen molar-refractivity contribution in [3.8, 4) is 11.8 Å². The van der Waals surface area contributed by atoms with Crippen molar-refractivity contribution >= 4 is 39.2 Å². The molecule has 0 amide bonds. The summed E-state index contributed by atoms with van der Waals surface area (Å²) in [6.45, 7) is 33.5. The topological polar surface area (TPSA) is 66.4 Å². The quantitative estimate of drug-likeness (QED) is 0.0936. The summed E-state index contributed by atoms with van der Waals surface area (Å²) in [4.78, 5) is 0. The van der Waals surface area contributed by atoms with Gasteiger partial charge in [-0.15, -0.1) is 0 Å². The lowest BCUT2D eigenvalue weighted by Crippen LogP contribution is -2.58. The molecule has 9 atom stereocenters. The zero-order valence-electron chi connectivity index (χ0n) is 29.6. The fourth-order valence-electron chi connectivity index (χ4n) is 4.81. The Bertz CT molecular complexity index is 926. The molecule has 6 nitrogen and oxygen atoms in total. The maximum atomic E-state index is 11.2. The Morgan fingerprint density at radius 1 is 0.952 bits per heavy atom. The van der Waals surface area contributed by atoms with Gasteiger partial charge in [0, 0.05) is 37.2 Å². The van der Waals surface area contributed by atoms with E-state index in [2.05, 4.69) is 136 Å². The highest BCUT2D eigenvalue weighted by Gasteiger charge is 2.50. The third kappa shape index (κ3) is 11.5. The number of ether oxygens (including phenoxy) is 3. The van der Waals surface area contributed by atoms with Gasteiger partial charge < -0.3 is 28.2 Å². The smallest absolute Gasteiger partial charge is 0.195 e. The van der Waals surface area contributed by atoms with Gasteiger partial charge in [0.25, 0.3) is 0 Å². The normalized spacial score (nSPS) is 27.6. The second-order valence-corrected chi connectivity index (χ2v) is 26.7. The zero-order chi connectivity index (χ0) is 32.8. The number of hydrogen-bond donors (Lipinski definition) is 1. The Morgan fingerprint density at radius 3 is 1.95 bits per heavy atom. The van der Waals surface area contributed by atoms with E-state index in [9.17, 15) is 5.11 Å². The Morgan fingerprint density at radius 2 is 1.48 bits per heavy atom. The highest BCUT2D eigenvalue weighted by atomic mass is 127. The Labute approximate surface area is 274 Å². The van der Waals surface area contributed by atoms with Crippen LogP contribution in [0.2, 0.25) is 36.3 Å². The molecule has 0 aromatic carbocycles. The van der Waals surface area contributed by atoms with Gasteiger partial charge in [-0.25, -0.2) is 0 Å². The average molecular weight is 739 g/mol. The minimum absolute atomic E-state index is 0.0329. The van der Waals surface area contributed by atoms with E-state index in [1.807, 2.05) is 6.92 Å². The van der Waals surface area contributed by atoms with E-state index in [0.717, 1.165) is 0 Å². The van der Waals surface area contributed by atoms with Crippen molar-refractivity contribution in [2.75, 3.05) is 13.9 Å². The number of aliphatic hydroxyl groups excluding tert-OH is 1. The lowest BCUT2D eigenvalue weighted by molar-refractivity contribution is -0.235. The fraction of sp³-hybridized carbons (Fsp3) is 0.879. The average Bonchev–Trinajstić information content (AvgIpc) is 2.81. The zero-order valence-corrected chi connectivity index (χ0v) is 33.7. The van der Waals surface area contributed by atoms with Gasteiger partial charge in [0.05, 0.1) is 18.3 Å². The van der Waals surface area contributed by atoms with Crippen molar-refractivity contribution in [2.24, 2.45) is 23.7 Å². The molecule has 1 aliphatic rings. The molecule has 0 spiro atoms. The van der Waals surface area contributed by atoms with Crippen molar-refractivity contribution in [1.29, 1.82) is 0 Å². The summed E-state index contributed by atoms with van der Waals surface area (Å²) in [6.07, 6.45) is 0.925. The molecule has 0 saturated carbocycles. The van der Waals surface area contributed by atoms with E-state index in [1.165, 1.54) is 3.58 Å². The summed E-state index contributed by atoms with van der Waals surface area (Å²) < 4.78 is 33.0. The van der Waals surface area contributed by atoms with Gasteiger partial charge >= 0.3 is 0 Å². The molecule has 1 rings (SSSR count). The summed E-state index contributed by atoms with van der Waals surface area (Å²) >= 11 is 2.31. The number of methoxy groups -OCH3 is 1. The first-order valence-corrected chi connectivity index (χ1v) is 22.5. The van der Waals surface area contributed by atoms with Crippen LogP contribution in [0.15, 0.2) is 9.66 Å². The molecule has 0 radical (unpaired) electrons. The number of allylic oxidation sites excluding steroid dienone is 1. The van der Waals surface area contributed by atoms with Crippen molar-refractivity contribution < 1.29 is 28.2 Å². The van der Waals surface area contributed by atoms with Gasteiger partial charge in [-0.1, -0.05) is 80.2 Å². The Balaban J connectivity index is 3.28. The summed E-state index contributed by atoms with van der Waals surface area (Å²) in [7, 11) is -2.56. The minimum atomic E-state index is -2.12. The SMILES string of the molecule is COCO[C@@H]([C@@H](C)C#C[C@@H](O)C[C@@H]1O[C@@H](O[Si](C)(C)C(C)(C)C)[C@H](C)[C@@H](O[Si](C)(C)C(C)(C)C)[C@H]1C)[C@@H](C)/C=C(/C)I. The molecular weight excluding hydrogens is 675 g/mol. The molecule has 1 aliphatic heterocycles. The number of halogens is 1. The third-order valence-electron chi connectivity index (χ3n) is 9.63. The predicted octanol–water partition coefficient (Wildman–Crippen LogP) is 8.75. The molecule has 9 heteroatoms. The van der Waals surface area contributed by atoms with Crippen LogP contribution in [-0.2, 0) is 23.1 Å². The molecule has 1 fully saturated rings. The first-order valence-electron chi connectivity index (χ1n) is 15.6. The standard InChI is InChI=1S/C33H63IO6Si2/c1-22(29(37-21-36-12)23(2)19-24(3)34)17-18-27(35)20-28-25(4)30(39-41(13,14)32(6,7)8)26(5)31(38-28)40-42(15,16)33(9,10)11/h19,22-23,25-31,35H,20-21H2,1-16H3/b24-19-/t22-,23-,25-,26+,27+,28-,29-,30-,31-/m0/s1.